The molecular formula is C21H30N2O. The highest BCUT2D eigenvalue weighted by molar-refractivity contribution is 5.25. The molecule has 2 aromatic carbocycles. The van der Waals surface area contributed by atoms with Crippen LogP contribution in [0.5, 0.6) is 0 Å². The number of likely N-dealkylation sites (N-methyl/N-ethyl adjacent to an activating group) is 2. The molecular weight excluding hydrogens is 296 g/mol. The quantitative estimate of drug-likeness (QED) is 0.766. The number of rotatable bonds is 9. The zero-order chi connectivity index (χ0) is 17.4. The summed E-state index contributed by atoms with van der Waals surface area (Å²) in [6.45, 7) is 8.37. The van der Waals surface area contributed by atoms with Gasteiger partial charge in [0.1, 0.15) is 0 Å². The van der Waals surface area contributed by atoms with E-state index in [1.807, 2.05) is 6.07 Å². The van der Waals surface area contributed by atoms with Crippen LogP contribution in [-0.2, 0) is 13.1 Å². The lowest BCUT2D eigenvalue weighted by Gasteiger charge is -2.27. The van der Waals surface area contributed by atoms with Crippen LogP contribution < -0.4 is 0 Å². The average Bonchev–Trinajstić information content (AvgIpc) is 2.56. The number of aliphatic hydroxyl groups excluding tert-OH is 1. The molecule has 0 amide bonds. The lowest BCUT2D eigenvalue weighted by Crippen LogP contribution is -2.38. The maximum Gasteiger partial charge on any atom is 0.0793 e. The van der Waals surface area contributed by atoms with Gasteiger partial charge >= 0.3 is 0 Å². The van der Waals surface area contributed by atoms with Crippen LogP contribution in [0.1, 0.15) is 23.6 Å². The molecule has 24 heavy (non-hydrogen) atoms. The second kappa shape index (κ2) is 9.58. The molecule has 0 saturated heterocycles. The van der Waals surface area contributed by atoms with E-state index in [1.165, 1.54) is 16.7 Å². The summed E-state index contributed by atoms with van der Waals surface area (Å²) < 4.78 is 0. The SMILES string of the molecule is CCN(Cc1ccccc1C)CC(O)CN(C)Cc1ccccc1. The summed E-state index contributed by atoms with van der Waals surface area (Å²) >= 11 is 0. The number of nitrogens with zero attached hydrogens (tertiary/aromatic N) is 2. The van der Waals surface area contributed by atoms with Gasteiger partial charge in [-0.3, -0.25) is 9.80 Å². The van der Waals surface area contributed by atoms with Gasteiger partial charge in [-0.25, -0.2) is 0 Å². The van der Waals surface area contributed by atoms with Crippen LogP contribution >= 0.6 is 0 Å². The van der Waals surface area contributed by atoms with Gasteiger partial charge in [0.05, 0.1) is 6.10 Å². The number of aryl methyl sites for hydroxylation is 1. The molecule has 3 heteroatoms. The van der Waals surface area contributed by atoms with E-state index in [-0.39, 0.29) is 6.10 Å². The van der Waals surface area contributed by atoms with Crippen LogP contribution in [0.3, 0.4) is 0 Å². The second-order valence-electron chi connectivity index (χ2n) is 6.59. The third kappa shape index (κ3) is 6.08. The van der Waals surface area contributed by atoms with Crippen LogP contribution in [0.4, 0.5) is 0 Å². The first kappa shape index (κ1) is 18.7. The molecule has 2 aromatic rings. The van der Waals surface area contributed by atoms with Crippen molar-refractivity contribution in [3.8, 4) is 0 Å². The zero-order valence-corrected chi connectivity index (χ0v) is 15.2. The van der Waals surface area contributed by atoms with Gasteiger partial charge in [-0.2, -0.15) is 0 Å². The molecule has 1 unspecified atom stereocenters. The third-order valence-corrected chi connectivity index (χ3v) is 4.39. The van der Waals surface area contributed by atoms with Crippen LogP contribution in [0.2, 0.25) is 0 Å². The molecule has 0 radical (unpaired) electrons. The molecule has 0 aliphatic carbocycles. The van der Waals surface area contributed by atoms with E-state index < -0.39 is 0 Å². The van der Waals surface area contributed by atoms with E-state index in [9.17, 15) is 5.11 Å². The smallest absolute Gasteiger partial charge is 0.0793 e. The Bertz CT molecular complexity index is 600. The fourth-order valence-electron chi connectivity index (χ4n) is 3.01. The standard InChI is InChI=1S/C21H30N2O/c1-4-23(15-20-13-9-8-10-18(20)2)17-21(24)16-22(3)14-19-11-6-5-7-12-19/h5-13,21,24H,4,14-17H2,1-3H3. The van der Waals surface area contributed by atoms with Crippen molar-refractivity contribution in [2.45, 2.75) is 33.0 Å². The lowest BCUT2D eigenvalue weighted by molar-refractivity contribution is 0.0790. The van der Waals surface area contributed by atoms with E-state index in [0.29, 0.717) is 13.1 Å². The van der Waals surface area contributed by atoms with E-state index in [0.717, 1.165) is 19.6 Å². The van der Waals surface area contributed by atoms with Crippen molar-refractivity contribution in [2.24, 2.45) is 0 Å². The first-order valence-electron chi connectivity index (χ1n) is 8.76. The molecule has 0 aliphatic rings. The highest BCUT2D eigenvalue weighted by atomic mass is 16.3. The zero-order valence-electron chi connectivity index (χ0n) is 15.2. The molecule has 0 saturated carbocycles. The van der Waals surface area contributed by atoms with Crippen molar-refractivity contribution in [3.63, 3.8) is 0 Å². The molecule has 1 atom stereocenters. The van der Waals surface area contributed by atoms with Gasteiger partial charge in [0.25, 0.3) is 0 Å². The van der Waals surface area contributed by atoms with Crippen molar-refractivity contribution < 1.29 is 5.11 Å². The Morgan fingerprint density at radius 1 is 0.917 bits per heavy atom. The summed E-state index contributed by atoms with van der Waals surface area (Å²) in [5.41, 5.74) is 3.93. The minimum absolute atomic E-state index is 0.345. The van der Waals surface area contributed by atoms with Crippen molar-refractivity contribution >= 4 is 0 Å². The average molecular weight is 326 g/mol. The number of hydrogen-bond acceptors (Lipinski definition) is 3. The monoisotopic (exact) mass is 326 g/mol. The van der Waals surface area contributed by atoms with Gasteiger partial charge in [-0.05, 0) is 37.2 Å². The predicted octanol–water partition coefficient (Wildman–Crippen LogP) is 3.31. The Morgan fingerprint density at radius 2 is 1.58 bits per heavy atom. The first-order chi connectivity index (χ1) is 11.6. The van der Waals surface area contributed by atoms with E-state index in [4.69, 9.17) is 0 Å². The van der Waals surface area contributed by atoms with E-state index >= 15 is 0 Å². The van der Waals surface area contributed by atoms with Gasteiger partial charge < -0.3 is 5.11 Å². The molecule has 2 rings (SSSR count). The van der Waals surface area contributed by atoms with Crippen molar-refractivity contribution in [1.29, 1.82) is 0 Å². The number of aliphatic hydroxyl groups is 1. The molecule has 0 aromatic heterocycles. The highest BCUT2D eigenvalue weighted by Crippen LogP contribution is 2.11. The van der Waals surface area contributed by atoms with Crippen molar-refractivity contribution in [2.75, 3.05) is 26.7 Å². The minimum atomic E-state index is -0.345. The second-order valence-corrected chi connectivity index (χ2v) is 6.59. The van der Waals surface area contributed by atoms with Gasteiger partial charge in [-0.1, -0.05) is 61.5 Å². The molecule has 0 fully saturated rings. The molecule has 1 N–H and O–H groups in total. The summed E-state index contributed by atoms with van der Waals surface area (Å²) in [7, 11) is 2.06. The number of hydrogen-bond donors (Lipinski definition) is 1. The van der Waals surface area contributed by atoms with Crippen molar-refractivity contribution in [3.05, 3.63) is 71.3 Å². The molecule has 130 valence electrons. The summed E-state index contributed by atoms with van der Waals surface area (Å²) in [4.78, 5) is 4.49. The van der Waals surface area contributed by atoms with Gasteiger partial charge in [0, 0.05) is 26.2 Å². The molecule has 0 heterocycles. The Hall–Kier alpha value is -1.68. The van der Waals surface area contributed by atoms with Gasteiger partial charge in [-0.15, -0.1) is 0 Å². The largest absolute Gasteiger partial charge is 0.390 e. The van der Waals surface area contributed by atoms with Gasteiger partial charge in [0.15, 0.2) is 0 Å². The van der Waals surface area contributed by atoms with Gasteiger partial charge in [0.2, 0.25) is 0 Å². The van der Waals surface area contributed by atoms with Crippen LogP contribution in [0.15, 0.2) is 54.6 Å². The lowest BCUT2D eigenvalue weighted by atomic mass is 10.1. The Morgan fingerprint density at radius 3 is 2.25 bits per heavy atom. The Labute approximate surface area is 146 Å². The molecule has 3 nitrogen and oxygen atoms in total. The maximum absolute atomic E-state index is 10.5. The Balaban J connectivity index is 1.83. The fraction of sp³-hybridized carbons (Fsp3) is 0.429. The highest BCUT2D eigenvalue weighted by Gasteiger charge is 2.14. The van der Waals surface area contributed by atoms with Crippen LogP contribution in [0, 0.1) is 6.92 Å². The Kier molecular flexibility index (Phi) is 7.44. The molecule has 0 spiro atoms. The summed E-state index contributed by atoms with van der Waals surface area (Å²) in [6.07, 6.45) is -0.345. The topological polar surface area (TPSA) is 26.7 Å². The van der Waals surface area contributed by atoms with Crippen molar-refractivity contribution in [1.82, 2.24) is 9.80 Å². The summed E-state index contributed by atoms with van der Waals surface area (Å²) in [5, 5.41) is 10.5. The minimum Gasteiger partial charge on any atom is -0.390 e. The fourth-order valence-corrected chi connectivity index (χ4v) is 3.01. The molecule has 0 bridgehead atoms. The van der Waals surface area contributed by atoms with E-state index in [2.05, 4.69) is 79.2 Å². The van der Waals surface area contributed by atoms with Crippen LogP contribution in [-0.4, -0.2) is 47.7 Å². The summed E-state index contributed by atoms with van der Waals surface area (Å²) in [6, 6.07) is 18.9. The van der Waals surface area contributed by atoms with Crippen LogP contribution in [0.25, 0.3) is 0 Å². The number of benzene rings is 2. The van der Waals surface area contributed by atoms with E-state index in [1.54, 1.807) is 0 Å². The molecule has 0 aliphatic heterocycles. The third-order valence-electron chi connectivity index (χ3n) is 4.39. The first-order valence-corrected chi connectivity index (χ1v) is 8.76. The predicted molar refractivity (Wildman–Crippen MR) is 101 cm³/mol. The normalized spacial score (nSPS) is 12.8. The summed E-state index contributed by atoms with van der Waals surface area (Å²) in [5.74, 6) is 0. The maximum atomic E-state index is 10.5.